The van der Waals surface area contributed by atoms with Gasteiger partial charge >= 0.3 is 5.97 Å². The number of nitrogens with one attached hydrogen (secondary N) is 1. The van der Waals surface area contributed by atoms with Crippen LogP contribution in [0.25, 0.3) is 0 Å². The lowest BCUT2D eigenvalue weighted by atomic mass is 10.1. The van der Waals surface area contributed by atoms with E-state index in [0.717, 1.165) is 0 Å². The number of carbonyl (C=O) groups is 2. The molecule has 29 heavy (non-hydrogen) atoms. The summed E-state index contributed by atoms with van der Waals surface area (Å²) in [6.45, 7) is 1.70. The lowest BCUT2D eigenvalue weighted by molar-refractivity contribution is -0.384. The Bertz CT molecular complexity index is 1060. The number of amides is 1. The van der Waals surface area contributed by atoms with Crippen molar-refractivity contribution in [3.63, 3.8) is 0 Å². The minimum Gasteiger partial charge on any atom is -0.442 e. The van der Waals surface area contributed by atoms with Crippen molar-refractivity contribution in [2.45, 2.75) is 13.0 Å². The van der Waals surface area contributed by atoms with E-state index in [0.29, 0.717) is 15.8 Å². The second kappa shape index (κ2) is 8.70. The van der Waals surface area contributed by atoms with E-state index in [-0.39, 0.29) is 17.1 Å². The third-order valence-electron chi connectivity index (χ3n) is 3.95. The summed E-state index contributed by atoms with van der Waals surface area (Å²) in [6, 6.07) is 15.7. The van der Waals surface area contributed by atoms with Crippen molar-refractivity contribution in [3.05, 3.63) is 92.3 Å². The Balaban J connectivity index is 1.89. The van der Waals surface area contributed by atoms with Crippen molar-refractivity contribution in [2.75, 3.05) is 5.32 Å². The van der Waals surface area contributed by atoms with E-state index in [2.05, 4.69) is 21.2 Å². The number of hydrogen-bond acceptors (Lipinski definition) is 6. The third kappa shape index (κ3) is 4.88. The van der Waals surface area contributed by atoms with Crippen LogP contribution in [0, 0.1) is 17.0 Å². The summed E-state index contributed by atoms with van der Waals surface area (Å²) in [5.74, 6) is -1.67. The smallest absolute Gasteiger partial charge is 0.375 e. The van der Waals surface area contributed by atoms with Crippen LogP contribution in [0.15, 0.2) is 69.8 Å². The molecule has 0 aliphatic rings. The van der Waals surface area contributed by atoms with Crippen molar-refractivity contribution in [1.82, 2.24) is 0 Å². The number of halogens is 1. The molecule has 0 saturated heterocycles. The van der Waals surface area contributed by atoms with Crippen LogP contribution in [0.1, 0.15) is 27.8 Å². The van der Waals surface area contributed by atoms with Crippen LogP contribution in [-0.4, -0.2) is 16.8 Å². The van der Waals surface area contributed by atoms with Crippen LogP contribution < -0.4 is 5.32 Å². The molecule has 0 aliphatic carbocycles. The number of hydrogen-bond donors (Lipinski definition) is 1. The average molecular weight is 459 g/mol. The minimum absolute atomic E-state index is 0.00308. The largest absolute Gasteiger partial charge is 0.442 e. The van der Waals surface area contributed by atoms with E-state index in [1.54, 1.807) is 43.3 Å². The summed E-state index contributed by atoms with van der Waals surface area (Å²) < 4.78 is 10.9. The van der Waals surface area contributed by atoms with Gasteiger partial charge in [0.05, 0.1) is 4.92 Å². The summed E-state index contributed by atoms with van der Waals surface area (Å²) in [6.07, 6.45) is -1.34. The zero-order valence-electron chi connectivity index (χ0n) is 15.1. The molecule has 148 valence electrons. The van der Waals surface area contributed by atoms with Gasteiger partial charge in [-0.25, -0.2) is 4.79 Å². The topological polar surface area (TPSA) is 112 Å². The first-order chi connectivity index (χ1) is 13.8. The molecule has 0 saturated carbocycles. The molecule has 3 rings (SSSR count). The number of nitro groups is 1. The minimum atomic E-state index is -1.34. The van der Waals surface area contributed by atoms with Gasteiger partial charge < -0.3 is 14.5 Å². The highest BCUT2D eigenvalue weighted by molar-refractivity contribution is 9.10. The predicted octanol–water partition coefficient (Wildman–Crippen LogP) is 4.80. The highest BCUT2D eigenvalue weighted by Gasteiger charge is 2.28. The molecule has 2 aromatic carbocycles. The standard InChI is InChI=1S/C20H15BrN2O6/c1-12-7-8-14(15(11-12)23(26)27)22-19(24)18(13-5-3-2-4-6-13)29-20(25)16-9-10-17(21)28-16/h2-11,18H,1H3,(H,22,24)/t18-/m1/s1. The summed E-state index contributed by atoms with van der Waals surface area (Å²) in [4.78, 5) is 36.0. The second-order valence-corrected chi connectivity index (χ2v) is 6.85. The van der Waals surface area contributed by atoms with Crippen molar-refractivity contribution in [3.8, 4) is 0 Å². The van der Waals surface area contributed by atoms with Crippen molar-refractivity contribution in [2.24, 2.45) is 0 Å². The maximum atomic E-state index is 12.9. The predicted molar refractivity (Wildman–Crippen MR) is 107 cm³/mol. The van der Waals surface area contributed by atoms with Gasteiger partial charge in [0.2, 0.25) is 11.9 Å². The molecule has 0 fully saturated rings. The first-order valence-corrected chi connectivity index (χ1v) is 9.21. The molecule has 9 heteroatoms. The Morgan fingerprint density at radius 2 is 1.86 bits per heavy atom. The zero-order chi connectivity index (χ0) is 21.0. The number of ether oxygens (including phenoxy) is 1. The fourth-order valence-corrected chi connectivity index (χ4v) is 2.89. The summed E-state index contributed by atoms with van der Waals surface area (Å²) in [7, 11) is 0. The fourth-order valence-electron chi connectivity index (χ4n) is 2.59. The van der Waals surface area contributed by atoms with E-state index in [1.807, 2.05) is 0 Å². The van der Waals surface area contributed by atoms with Crippen LogP contribution in [-0.2, 0) is 9.53 Å². The van der Waals surface area contributed by atoms with E-state index < -0.39 is 22.9 Å². The fraction of sp³-hybridized carbons (Fsp3) is 0.100. The Morgan fingerprint density at radius 1 is 1.14 bits per heavy atom. The monoisotopic (exact) mass is 458 g/mol. The van der Waals surface area contributed by atoms with Gasteiger partial charge in [-0.3, -0.25) is 14.9 Å². The number of nitrogens with zero attached hydrogens (tertiary/aromatic N) is 1. The maximum absolute atomic E-state index is 12.9. The van der Waals surface area contributed by atoms with Crippen LogP contribution in [0.5, 0.6) is 0 Å². The highest BCUT2D eigenvalue weighted by Crippen LogP contribution is 2.28. The van der Waals surface area contributed by atoms with Crippen LogP contribution in [0.3, 0.4) is 0 Å². The molecule has 0 spiro atoms. The summed E-state index contributed by atoms with van der Waals surface area (Å²) in [5.41, 5.74) is 0.817. The molecule has 1 amide bonds. The molecular weight excluding hydrogens is 444 g/mol. The Hall–Kier alpha value is -3.46. The number of benzene rings is 2. The molecule has 8 nitrogen and oxygen atoms in total. The zero-order valence-corrected chi connectivity index (χ0v) is 16.7. The molecule has 1 heterocycles. The van der Waals surface area contributed by atoms with Gasteiger partial charge in [0.25, 0.3) is 11.6 Å². The lowest BCUT2D eigenvalue weighted by Gasteiger charge is -2.17. The van der Waals surface area contributed by atoms with Gasteiger partial charge in [-0.2, -0.15) is 0 Å². The number of furan rings is 1. The number of rotatable bonds is 6. The molecule has 0 radical (unpaired) electrons. The van der Waals surface area contributed by atoms with Crippen molar-refractivity contribution in [1.29, 1.82) is 0 Å². The number of esters is 1. The van der Waals surface area contributed by atoms with E-state index in [1.165, 1.54) is 24.3 Å². The highest BCUT2D eigenvalue weighted by atomic mass is 79.9. The molecule has 1 aromatic heterocycles. The van der Waals surface area contributed by atoms with Crippen LogP contribution >= 0.6 is 15.9 Å². The van der Waals surface area contributed by atoms with Gasteiger partial charge in [-0.1, -0.05) is 36.4 Å². The van der Waals surface area contributed by atoms with Gasteiger partial charge in [-0.15, -0.1) is 0 Å². The molecule has 0 unspecified atom stereocenters. The number of carbonyl (C=O) groups excluding carboxylic acids is 2. The first kappa shape index (κ1) is 20.3. The Labute approximate surface area is 173 Å². The number of nitro benzene ring substituents is 1. The van der Waals surface area contributed by atoms with Gasteiger partial charge in [-0.05, 0) is 46.6 Å². The number of anilines is 1. The quantitative estimate of drug-likeness (QED) is 0.322. The molecule has 3 aromatic rings. The molecule has 0 bridgehead atoms. The molecule has 1 N–H and O–H groups in total. The van der Waals surface area contributed by atoms with Gasteiger partial charge in [0, 0.05) is 11.6 Å². The van der Waals surface area contributed by atoms with Crippen molar-refractivity contribution >= 4 is 39.2 Å². The first-order valence-electron chi connectivity index (χ1n) is 8.42. The average Bonchev–Trinajstić information content (AvgIpc) is 3.14. The number of aryl methyl sites for hydroxylation is 1. The SMILES string of the molecule is Cc1ccc(NC(=O)[C@H](OC(=O)c2ccc(Br)o2)c2ccccc2)c([N+](=O)[O-])c1. The Kier molecular flexibility index (Phi) is 6.08. The molecule has 0 aliphatic heterocycles. The third-order valence-corrected chi connectivity index (χ3v) is 4.37. The van der Waals surface area contributed by atoms with Crippen LogP contribution in [0.2, 0.25) is 0 Å². The van der Waals surface area contributed by atoms with Crippen molar-refractivity contribution < 1.29 is 23.7 Å². The Morgan fingerprint density at radius 3 is 2.48 bits per heavy atom. The summed E-state index contributed by atoms with van der Waals surface area (Å²) >= 11 is 3.09. The molecular formula is C20H15BrN2O6. The normalized spacial score (nSPS) is 11.5. The van der Waals surface area contributed by atoms with E-state index in [9.17, 15) is 19.7 Å². The van der Waals surface area contributed by atoms with E-state index in [4.69, 9.17) is 9.15 Å². The van der Waals surface area contributed by atoms with Gasteiger partial charge in [0.15, 0.2) is 4.67 Å². The summed E-state index contributed by atoms with van der Waals surface area (Å²) in [5, 5.41) is 13.8. The second-order valence-electron chi connectivity index (χ2n) is 6.07. The van der Waals surface area contributed by atoms with E-state index >= 15 is 0 Å². The van der Waals surface area contributed by atoms with Crippen LogP contribution in [0.4, 0.5) is 11.4 Å². The maximum Gasteiger partial charge on any atom is 0.375 e. The molecule has 1 atom stereocenters. The van der Waals surface area contributed by atoms with Gasteiger partial charge in [0.1, 0.15) is 5.69 Å². The lowest BCUT2D eigenvalue weighted by Crippen LogP contribution is -2.26.